The lowest BCUT2D eigenvalue weighted by Gasteiger charge is -2.31. The lowest BCUT2D eigenvalue weighted by Crippen LogP contribution is -2.42. The minimum absolute atomic E-state index is 0.0510. The fourth-order valence-corrected chi connectivity index (χ4v) is 2.61. The molecule has 15 heavy (non-hydrogen) atoms. The molecule has 1 saturated heterocycles. The summed E-state index contributed by atoms with van der Waals surface area (Å²) in [5.74, 6) is 0. The van der Waals surface area contributed by atoms with Gasteiger partial charge in [-0.2, -0.15) is 0 Å². The molecule has 1 aliphatic rings. The van der Waals surface area contributed by atoms with Crippen molar-refractivity contribution in [2.75, 3.05) is 13.2 Å². The van der Waals surface area contributed by atoms with Gasteiger partial charge in [0.05, 0.1) is 25.4 Å². The Morgan fingerprint density at radius 1 is 1.47 bits per heavy atom. The van der Waals surface area contributed by atoms with Crippen molar-refractivity contribution in [3.63, 3.8) is 0 Å². The van der Waals surface area contributed by atoms with Crippen molar-refractivity contribution >= 4 is 8.32 Å². The van der Waals surface area contributed by atoms with Gasteiger partial charge < -0.3 is 9.16 Å². The molecule has 0 aromatic carbocycles. The van der Waals surface area contributed by atoms with E-state index in [0.29, 0.717) is 18.8 Å². The number of rotatable bonds is 4. The monoisotopic (exact) mass is 229 g/mol. The van der Waals surface area contributed by atoms with Crippen LogP contribution in [0.2, 0.25) is 18.6 Å². The van der Waals surface area contributed by atoms with Crippen molar-refractivity contribution in [3.05, 3.63) is 10.4 Å². The highest BCUT2D eigenvalue weighted by molar-refractivity contribution is 6.72. The van der Waals surface area contributed by atoms with Gasteiger partial charge in [0.25, 0.3) is 0 Å². The SMILES string of the molecule is CC(C)[Si](C)(C)O[C@H]1COC[C@@H]1N=[N+]=[N-]. The molecule has 0 amide bonds. The van der Waals surface area contributed by atoms with Crippen LogP contribution >= 0.6 is 0 Å². The number of ether oxygens (including phenoxy) is 1. The summed E-state index contributed by atoms with van der Waals surface area (Å²) >= 11 is 0. The van der Waals surface area contributed by atoms with Gasteiger partial charge in [-0.05, 0) is 24.2 Å². The van der Waals surface area contributed by atoms with Gasteiger partial charge in [-0.3, -0.25) is 0 Å². The maximum Gasteiger partial charge on any atom is 0.189 e. The average Bonchev–Trinajstić information content (AvgIpc) is 2.52. The molecule has 1 rings (SSSR count). The standard InChI is InChI=1S/C9H19N3O2Si/c1-7(2)15(3,4)14-9-6-13-5-8(9)11-12-10/h7-9H,5-6H2,1-4H3/t8-,9-/m0/s1. The molecule has 1 fully saturated rings. The zero-order valence-corrected chi connectivity index (χ0v) is 10.8. The van der Waals surface area contributed by atoms with Crippen molar-refractivity contribution in [1.29, 1.82) is 0 Å². The van der Waals surface area contributed by atoms with E-state index in [9.17, 15) is 0 Å². The summed E-state index contributed by atoms with van der Waals surface area (Å²) in [5.41, 5.74) is 8.96. The van der Waals surface area contributed by atoms with Gasteiger partial charge in [0.2, 0.25) is 0 Å². The van der Waals surface area contributed by atoms with Crippen molar-refractivity contribution in [3.8, 4) is 0 Å². The summed E-state index contributed by atoms with van der Waals surface area (Å²) < 4.78 is 11.4. The molecule has 0 unspecified atom stereocenters. The van der Waals surface area contributed by atoms with Gasteiger partial charge in [0, 0.05) is 4.91 Å². The number of azide groups is 1. The van der Waals surface area contributed by atoms with Gasteiger partial charge in [0.1, 0.15) is 0 Å². The molecule has 5 nitrogen and oxygen atoms in total. The largest absolute Gasteiger partial charge is 0.411 e. The molecule has 0 aromatic rings. The topological polar surface area (TPSA) is 67.2 Å². The highest BCUT2D eigenvalue weighted by Gasteiger charge is 2.36. The van der Waals surface area contributed by atoms with E-state index in [1.165, 1.54) is 0 Å². The van der Waals surface area contributed by atoms with Gasteiger partial charge >= 0.3 is 0 Å². The molecule has 0 radical (unpaired) electrons. The normalized spacial score (nSPS) is 26.7. The zero-order chi connectivity index (χ0) is 11.5. The van der Waals surface area contributed by atoms with E-state index in [-0.39, 0.29) is 12.1 Å². The molecule has 0 saturated carbocycles. The van der Waals surface area contributed by atoms with Gasteiger partial charge in [-0.1, -0.05) is 19.0 Å². The van der Waals surface area contributed by atoms with Crippen LogP contribution in [0.25, 0.3) is 10.4 Å². The first kappa shape index (κ1) is 12.5. The molecule has 1 heterocycles. The molecule has 0 bridgehead atoms. The maximum atomic E-state index is 8.41. The van der Waals surface area contributed by atoms with Gasteiger partial charge in [-0.25, -0.2) is 0 Å². The van der Waals surface area contributed by atoms with Crippen LogP contribution in [0.1, 0.15) is 13.8 Å². The summed E-state index contributed by atoms with van der Waals surface area (Å²) in [6.07, 6.45) is -0.0510. The number of hydrogen-bond acceptors (Lipinski definition) is 3. The predicted octanol–water partition coefficient (Wildman–Crippen LogP) is 2.70. The Kier molecular flexibility index (Phi) is 4.16. The molecule has 2 atom stereocenters. The van der Waals surface area contributed by atoms with E-state index in [0.717, 1.165) is 0 Å². The summed E-state index contributed by atoms with van der Waals surface area (Å²) in [7, 11) is -1.68. The molecule has 6 heteroatoms. The fraction of sp³-hybridized carbons (Fsp3) is 1.00. The maximum absolute atomic E-state index is 8.41. The smallest absolute Gasteiger partial charge is 0.189 e. The first-order valence-electron chi connectivity index (χ1n) is 5.27. The summed E-state index contributed by atoms with van der Waals surface area (Å²) in [6, 6.07) is -0.152. The molecule has 0 spiro atoms. The first-order chi connectivity index (χ1) is 6.97. The van der Waals surface area contributed by atoms with Crippen LogP contribution in [0.5, 0.6) is 0 Å². The van der Waals surface area contributed by atoms with Gasteiger partial charge in [-0.15, -0.1) is 0 Å². The van der Waals surface area contributed by atoms with Crippen molar-refractivity contribution in [1.82, 2.24) is 0 Å². The minimum atomic E-state index is -1.68. The second kappa shape index (κ2) is 4.98. The Labute approximate surface area is 91.5 Å². The molecular formula is C9H19N3O2Si. The van der Waals surface area contributed by atoms with Crippen LogP contribution < -0.4 is 0 Å². The Morgan fingerprint density at radius 3 is 2.67 bits per heavy atom. The Morgan fingerprint density at radius 2 is 2.13 bits per heavy atom. The molecular weight excluding hydrogens is 210 g/mol. The van der Waals surface area contributed by atoms with Crippen LogP contribution in [-0.2, 0) is 9.16 Å². The van der Waals surface area contributed by atoms with Crippen molar-refractivity contribution < 1.29 is 9.16 Å². The highest BCUT2D eigenvalue weighted by atomic mass is 28.4. The fourth-order valence-electron chi connectivity index (χ4n) is 1.34. The summed E-state index contributed by atoms with van der Waals surface area (Å²) in [6.45, 7) is 9.74. The molecule has 1 aliphatic heterocycles. The second-order valence-electron chi connectivity index (χ2n) is 4.72. The molecule has 0 aliphatic carbocycles. The number of nitrogens with zero attached hydrogens (tertiary/aromatic N) is 3. The first-order valence-corrected chi connectivity index (χ1v) is 8.25. The van der Waals surface area contributed by atoms with Crippen LogP contribution in [0.3, 0.4) is 0 Å². The van der Waals surface area contributed by atoms with E-state index in [1.807, 2.05) is 0 Å². The summed E-state index contributed by atoms with van der Waals surface area (Å²) in [5, 5.41) is 3.70. The van der Waals surface area contributed by atoms with E-state index >= 15 is 0 Å². The quantitative estimate of drug-likeness (QED) is 0.322. The van der Waals surface area contributed by atoms with E-state index < -0.39 is 8.32 Å². The number of hydrogen-bond donors (Lipinski definition) is 0. The third-order valence-corrected chi connectivity index (χ3v) is 6.74. The molecule has 0 aromatic heterocycles. The van der Waals surface area contributed by atoms with Crippen molar-refractivity contribution in [2.24, 2.45) is 5.11 Å². The average molecular weight is 229 g/mol. The lowest BCUT2D eigenvalue weighted by atomic mass is 10.2. The van der Waals surface area contributed by atoms with E-state index in [4.69, 9.17) is 14.7 Å². The van der Waals surface area contributed by atoms with Crippen LogP contribution in [0.4, 0.5) is 0 Å². The van der Waals surface area contributed by atoms with E-state index in [2.05, 4.69) is 37.0 Å². The predicted molar refractivity (Wildman–Crippen MR) is 61.2 cm³/mol. The Balaban J connectivity index is 2.61. The molecule has 0 N–H and O–H groups in total. The van der Waals surface area contributed by atoms with Crippen LogP contribution in [-0.4, -0.2) is 33.7 Å². The second-order valence-corrected chi connectivity index (χ2v) is 9.32. The lowest BCUT2D eigenvalue weighted by molar-refractivity contribution is 0.133. The minimum Gasteiger partial charge on any atom is -0.411 e. The van der Waals surface area contributed by atoms with E-state index in [1.54, 1.807) is 0 Å². The third kappa shape index (κ3) is 3.20. The highest BCUT2D eigenvalue weighted by Crippen LogP contribution is 2.26. The van der Waals surface area contributed by atoms with Gasteiger partial charge in [0.15, 0.2) is 8.32 Å². The molecule has 86 valence electrons. The van der Waals surface area contributed by atoms with Crippen LogP contribution in [0.15, 0.2) is 5.11 Å². The zero-order valence-electron chi connectivity index (χ0n) is 9.80. The van der Waals surface area contributed by atoms with Crippen molar-refractivity contribution in [2.45, 2.75) is 44.6 Å². The van der Waals surface area contributed by atoms with Crippen LogP contribution in [0, 0.1) is 0 Å². The third-order valence-electron chi connectivity index (χ3n) is 3.05. The Hall–Kier alpha value is -0.553. The Bertz CT molecular complexity index is 264. The summed E-state index contributed by atoms with van der Waals surface area (Å²) in [4.78, 5) is 2.82.